The fourth-order valence-corrected chi connectivity index (χ4v) is 4.92. The summed E-state index contributed by atoms with van der Waals surface area (Å²) in [4.78, 5) is 35.6. The van der Waals surface area contributed by atoms with E-state index < -0.39 is 23.7 Å². The van der Waals surface area contributed by atoms with Gasteiger partial charge >= 0.3 is 0 Å². The smallest absolute Gasteiger partial charge is 0.243 e. The van der Waals surface area contributed by atoms with Crippen molar-refractivity contribution in [2.45, 2.75) is 83.3 Å². The molecule has 2 heterocycles. The predicted molar refractivity (Wildman–Crippen MR) is 138 cm³/mol. The first kappa shape index (κ1) is 26.8. The summed E-state index contributed by atoms with van der Waals surface area (Å²) in [5.74, 6) is -0.773. The molecule has 2 aromatic rings. The fourth-order valence-electron chi connectivity index (χ4n) is 4.92. The Bertz CT molecular complexity index is 1130. The molecule has 2 amide bonds. The van der Waals surface area contributed by atoms with Crippen LogP contribution >= 0.6 is 0 Å². The molecule has 1 aromatic heterocycles. The predicted octanol–water partition coefficient (Wildman–Crippen LogP) is 4.99. The van der Waals surface area contributed by atoms with Gasteiger partial charge < -0.3 is 20.5 Å². The van der Waals surface area contributed by atoms with E-state index in [4.69, 9.17) is 0 Å². The largest absolute Gasteiger partial charge is 0.373 e. The molecule has 0 spiro atoms. The quantitative estimate of drug-likeness (QED) is 0.395. The monoisotopic (exact) mass is 513 g/mol. The number of benzene rings is 1. The Labute approximate surface area is 217 Å². The second kappa shape index (κ2) is 11.9. The van der Waals surface area contributed by atoms with Crippen molar-refractivity contribution in [1.82, 2.24) is 25.5 Å². The number of halogens is 2. The van der Waals surface area contributed by atoms with Gasteiger partial charge in [-0.3, -0.25) is 9.59 Å². The van der Waals surface area contributed by atoms with Crippen LogP contribution in [0.15, 0.2) is 36.7 Å². The van der Waals surface area contributed by atoms with E-state index in [0.29, 0.717) is 36.3 Å². The third-order valence-corrected chi connectivity index (χ3v) is 7.36. The van der Waals surface area contributed by atoms with Crippen LogP contribution in [-0.2, 0) is 9.59 Å². The van der Waals surface area contributed by atoms with E-state index >= 15 is 0 Å². The number of piperidine rings is 1. The molecule has 1 saturated carbocycles. The van der Waals surface area contributed by atoms with E-state index in [1.54, 1.807) is 6.92 Å². The van der Waals surface area contributed by atoms with E-state index in [9.17, 15) is 18.4 Å². The number of carbonyl (C=O) groups is 2. The number of hydrogen-bond acceptors (Lipinski definition) is 4. The summed E-state index contributed by atoms with van der Waals surface area (Å²) in [7, 11) is 0. The van der Waals surface area contributed by atoms with Crippen LogP contribution in [-0.4, -0.2) is 45.3 Å². The van der Waals surface area contributed by atoms with Crippen molar-refractivity contribution in [1.29, 1.82) is 0 Å². The second-order valence-electron chi connectivity index (χ2n) is 10.4. The Morgan fingerprint density at radius 1 is 1.22 bits per heavy atom. The zero-order chi connectivity index (χ0) is 26.5. The highest BCUT2D eigenvalue weighted by molar-refractivity contribution is 5.88. The minimum absolute atomic E-state index is 0.133. The van der Waals surface area contributed by atoms with Crippen LogP contribution < -0.4 is 10.6 Å². The van der Waals surface area contributed by atoms with Crippen molar-refractivity contribution in [3.63, 3.8) is 0 Å². The zero-order valence-corrected chi connectivity index (χ0v) is 21.7. The lowest BCUT2D eigenvalue weighted by molar-refractivity contribution is -0.129. The van der Waals surface area contributed by atoms with Crippen molar-refractivity contribution < 1.29 is 18.4 Å². The molecular weight excluding hydrogens is 476 g/mol. The van der Waals surface area contributed by atoms with Crippen molar-refractivity contribution in [2.24, 2.45) is 5.92 Å². The van der Waals surface area contributed by atoms with Crippen LogP contribution in [0.4, 0.5) is 8.78 Å². The standard InChI is InChI=1S/C28H37F2N5O2/c1-17-6-4-5-13-35(17)18(2)14-24(33-26(36)12-9-20-7-8-20)28(37)32-19(3)27-31-16-25(34-27)22-11-10-21(29)15-23(22)30/h10-11,15-17,19-20,24H,2,4-9,12-14H2,1,3H3,(H,31,34)(H,32,37)(H,33,36)/t17-,19-,24-/m0/s1. The molecule has 2 fully saturated rings. The van der Waals surface area contributed by atoms with Gasteiger partial charge in [-0.25, -0.2) is 13.8 Å². The third-order valence-electron chi connectivity index (χ3n) is 7.36. The molecule has 9 heteroatoms. The summed E-state index contributed by atoms with van der Waals surface area (Å²) in [6.07, 6.45) is 8.70. The average Bonchev–Trinajstić information content (AvgIpc) is 3.56. The van der Waals surface area contributed by atoms with Crippen molar-refractivity contribution in [3.05, 3.63) is 54.1 Å². The summed E-state index contributed by atoms with van der Waals surface area (Å²) >= 11 is 0. The molecular formula is C28H37F2N5O2. The zero-order valence-electron chi connectivity index (χ0n) is 21.7. The number of H-pyrrole nitrogens is 1. The van der Waals surface area contributed by atoms with Gasteiger partial charge in [0.05, 0.1) is 17.9 Å². The molecule has 200 valence electrons. The molecule has 0 bridgehead atoms. The topological polar surface area (TPSA) is 90.1 Å². The van der Waals surface area contributed by atoms with Crippen LogP contribution in [0.25, 0.3) is 11.3 Å². The van der Waals surface area contributed by atoms with Crippen molar-refractivity contribution in [2.75, 3.05) is 6.54 Å². The highest BCUT2D eigenvalue weighted by Gasteiger charge is 2.29. The molecule has 3 atom stereocenters. The van der Waals surface area contributed by atoms with Gasteiger partial charge in [0.25, 0.3) is 0 Å². The van der Waals surface area contributed by atoms with Gasteiger partial charge in [0.2, 0.25) is 11.8 Å². The van der Waals surface area contributed by atoms with Crippen LogP contribution in [0.5, 0.6) is 0 Å². The molecule has 1 aromatic carbocycles. The van der Waals surface area contributed by atoms with E-state index in [1.807, 2.05) is 0 Å². The minimum atomic E-state index is -0.764. The molecule has 7 nitrogen and oxygen atoms in total. The average molecular weight is 514 g/mol. The maximum Gasteiger partial charge on any atom is 0.243 e. The van der Waals surface area contributed by atoms with E-state index in [0.717, 1.165) is 37.6 Å². The number of amides is 2. The molecule has 0 unspecified atom stereocenters. The lowest BCUT2D eigenvalue weighted by Gasteiger charge is -2.37. The molecule has 4 rings (SSSR count). The fraction of sp³-hybridized carbons (Fsp3) is 0.536. The Kier molecular flexibility index (Phi) is 8.61. The molecule has 0 radical (unpaired) electrons. The summed E-state index contributed by atoms with van der Waals surface area (Å²) in [6, 6.07) is 2.39. The highest BCUT2D eigenvalue weighted by Crippen LogP contribution is 2.33. The van der Waals surface area contributed by atoms with Gasteiger partial charge in [-0.15, -0.1) is 0 Å². The highest BCUT2D eigenvalue weighted by atomic mass is 19.1. The Balaban J connectivity index is 1.42. The number of aromatic amines is 1. The first-order valence-corrected chi connectivity index (χ1v) is 13.3. The molecule has 1 aliphatic heterocycles. The summed E-state index contributed by atoms with van der Waals surface area (Å²) in [5, 5.41) is 5.86. The third kappa shape index (κ3) is 7.17. The van der Waals surface area contributed by atoms with Gasteiger partial charge in [0.1, 0.15) is 23.5 Å². The van der Waals surface area contributed by atoms with Crippen LogP contribution in [0.1, 0.15) is 77.1 Å². The van der Waals surface area contributed by atoms with Gasteiger partial charge in [-0.2, -0.15) is 0 Å². The van der Waals surface area contributed by atoms with Crippen molar-refractivity contribution >= 4 is 11.8 Å². The number of rotatable bonds is 11. The van der Waals surface area contributed by atoms with Gasteiger partial charge in [-0.1, -0.05) is 19.4 Å². The van der Waals surface area contributed by atoms with Gasteiger partial charge in [-0.05, 0) is 57.6 Å². The molecule has 2 aliphatic rings. The van der Waals surface area contributed by atoms with E-state index in [-0.39, 0.29) is 17.4 Å². The van der Waals surface area contributed by atoms with Crippen molar-refractivity contribution in [3.8, 4) is 11.3 Å². The number of carbonyl (C=O) groups excluding carboxylic acids is 2. The lowest BCUT2D eigenvalue weighted by atomic mass is 10.0. The Morgan fingerprint density at radius 3 is 2.70 bits per heavy atom. The minimum Gasteiger partial charge on any atom is -0.373 e. The summed E-state index contributed by atoms with van der Waals surface area (Å²) < 4.78 is 27.5. The normalized spacial score (nSPS) is 19.2. The number of aromatic nitrogens is 2. The van der Waals surface area contributed by atoms with Crippen LogP contribution in [0.3, 0.4) is 0 Å². The SMILES string of the molecule is C=C(C[C@H](NC(=O)CCC1CC1)C(=O)N[C@@H](C)c1ncc(-c2ccc(F)cc2F)[nH]1)N1CCCC[C@@H]1C. The summed E-state index contributed by atoms with van der Waals surface area (Å²) in [6.45, 7) is 9.06. The first-order valence-electron chi connectivity index (χ1n) is 13.3. The molecule has 3 N–H and O–H groups in total. The molecule has 1 saturated heterocycles. The van der Waals surface area contributed by atoms with E-state index in [1.165, 1.54) is 37.6 Å². The maximum atomic E-state index is 14.2. The van der Waals surface area contributed by atoms with Crippen LogP contribution in [0, 0.1) is 17.6 Å². The number of likely N-dealkylation sites (tertiary alicyclic amines) is 1. The Morgan fingerprint density at radius 2 is 2.00 bits per heavy atom. The maximum absolute atomic E-state index is 14.2. The lowest BCUT2D eigenvalue weighted by Crippen LogP contribution is -2.49. The first-order chi connectivity index (χ1) is 17.7. The summed E-state index contributed by atoms with van der Waals surface area (Å²) in [5.41, 5.74) is 1.41. The van der Waals surface area contributed by atoms with Gasteiger partial charge in [0.15, 0.2) is 0 Å². The van der Waals surface area contributed by atoms with Gasteiger partial charge in [0, 0.05) is 42.8 Å². The van der Waals surface area contributed by atoms with Crippen LogP contribution in [0.2, 0.25) is 0 Å². The molecule has 1 aliphatic carbocycles. The number of nitrogens with one attached hydrogen (secondary N) is 3. The molecule has 37 heavy (non-hydrogen) atoms. The Hall–Kier alpha value is -3.23. The number of hydrogen-bond donors (Lipinski definition) is 3. The number of nitrogens with zero attached hydrogens (tertiary/aromatic N) is 2. The second-order valence-corrected chi connectivity index (χ2v) is 10.4. The number of imidazole rings is 1. The van der Waals surface area contributed by atoms with E-state index in [2.05, 4.69) is 39.0 Å².